The third kappa shape index (κ3) is 1.92. The molecule has 0 atom stereocenters. The Labute approximate surface area is 101 Å². The highest BCUT2D eigenvalue weighted by molar-refractivity contribution is 5.85. The van der Waals surface area contributed by atoms with E-state index in [4.69, 9.17) is 15.3 Å². The van der Waals surface area contributed by atoms with Crippen LogP contribution in [0.2, 0.25) is 0 Å². The molecule has 0 fully saturated rings. The zero-order valence-corrected chi connectivity index (χ0v) is 9.49. The number of nitrogens with two attached hydrogens (primary N) is 1. The van der Waals surface area contributed by atoms with Gasteiger partial charge in [0.25, 0.3) is 0 Å². The number of rotatable bonds is 2. The molecule has 1 aromatic heterocycles. The lowest BCUT2D eigenvalue weighted by Crippen LogP contribution is -2.15. The summed E-state index contributed by atoms with van der Waals surface area (Å²) in [7, 11) is 0. The second kappa shape index (κ2) is 4.14. The number of aryl methyl sites for hydroxylation is 1. The Hall–Kier alpha value is -2.37. The number of nitrogen functional groups attached to an aromatic ring is 1. The van der Waals surface area contributed by atoms with Crippen molar-refractivity contribution in [1.82, 2.24) is 0 Å². The SMILES string of the molecule is Cc1c(CC(=O)O)c(=O)oc2cc(N)cc(F)c12. The van der Waals surface area contributed by atoms with Crippen molar-refractivity contribution in [3.05, 3.63) is 39.5 Å². The average molecular weight is 251 g/mol. The second-order valence-electron chi connectivity index (χ2n) is 3.94. The van der Waals surface area contributed by atoms with Crippen molar-refractivity contribution >= 4 is 22.6 Å². The van der Waals surface area contributed by atoms with Gasteiger partial charge in [-0.25, -0.2) is 9.18 Å². The molecule has 6 heteroatoms. The molecule has 3 N–H and O–H groups in total. The number of halogens is 1. The van der Waals surface area contributed by atoms with E-state index in [2.05, 4.69) is 0 Å². The van der Waals surface area contributed by atoms with Gasteiger partial charge in [-0.1, -0.05) is 0 Å². The first-order valence-corrected chi connectivity index (χ1v) is 5.13. The van der Waals surface area contributed by atoms with Gasteiger partial charge in [-0.3, -0.25) is 4.79 Å². The van der Waals surface area contributed by atoms with Gasteiger partial charge in [0.2, 0.25) is 0 Å². The fourth-order valence-corrected chi connectivity index (χ4v) is 1.87. The second-order valence-corrected chi connectivity index (χ2v) is 3.94. The van der Waals surface area contributed by atoms with E-state index < -0.39 is 23.8 Å². The van der Waals surface area contributed by atoms with Crippen molar-refractivity contribution in [2.24, 2.45) is 0 Å². The molecule has 0 aliphatic rings. The molecule has 0 saturated carbocycles. The van der Waals surface area contributed by atoms with Crippen LogP contribution >= 0.6 is 0 Å². The molecule has 0 aliphatic heterocycles. The lowest BCUT2D eigenvalue weighted by molar-refractivity contribution is -0.136. The van der Waals surface area contributed by atoms with Gasteiger partial charge in [-0.15, -0.1) is 0 Å². The van der Waals surface area contributed by atoms with Crippen LogP contribution in [0.25, 0.3) is 11.0 Å². The Balaban J connectivity index is 2.85. The van der Waals surface area contributed by atoms with Crippen LogP contribution < -0.4 is 11.4 Å². The first kappa shape index (κ1) is 12.1. The van der Waals surface area contributed by atoms with Crippen LogP contribution in [0.4, 0.5) is 10.1 Å². The number of carbonyl (C=O) groups is 1. The largest absolute Gasteiger partial charge is 0.481 e. The Morgan fingerprint density at radius 3 is 2.78 bits per heavy atom. The molecule has 0 radical (unpaired) electrons. The minimum absolute atomic E-state index is 0.0177. The summed E-state index contributed by atoms with van der Waals surface area (Å²) in [6.45, 7) is 1.48. The predicted molar refractivity (Wildman–Crippen MR) is 62.9 cm³/mol. The van der Waals surface area contributed by atoms with Gasteiger partial charge in [0.1, 0.15) is 11.4 Å². The molecule has 0 saturated heterocycles. The Morgan fingerprint density at radius 2 is 2.17 bits per heavy atom. The molecule has 1 heterocycles. The van der Waals surface area contributed by atoms with Crippen LogP contribution in [0.1, 0.15) is 11.1 Å². The highest BCUT2D eigenvalue weighted by Gasteiger charge is 2.17. The van der Waals surface area contributed by atoms with Crippen molar-refractivity contribution in [3.8, 4) is 0 Å². The molecule has 0 amide bonds. The summed E-state index contributed by atoms with van der Waals surface area (Å²) < 4.78 is 18.7. The molecule has 2 aromatic rings. The maximum Gasteiger partial charge on any atom is 0.340 e. The molecule has 0 aliphatic carbocycles. The maximum absolute atomic E-state index is 13.8. The van der Waals surface area contributed by atoms with Crippen molar-refractivity contribution in [2.45, 2.75) is 13.3 Å². The molecule has 2 rings (SSSR count). The van der Waals surface area contributed by atoms with Crippen molar-refractivity contribution in [2.75, 3.05) is 5.73 Å². The number of carboxylic acids is 1. The van der Waals surface area contributed by atoms with Gasteiger partial charge < -0.3 is 15.3 Å². The molecule has 0 spiro atoms. The Morgan fingerprint density at radius 1 is 1.50 bits per heavy atom. The topological polar surface area (TPSA) is 93.5 Å². The molecule has 1 aromatic carbocycles. The number of carboxylic acid groups (broad SMARTS) is 1. The van der Waals surface area contributed by atoms with E-state index in [1.165, 1.54) is 13.0 Å². The van der Waals surface area contributed by atoms with Crippen LogP contribution in [-0.2, 0) is 11.2 Å². The van der Waals surface area contributed by atoms with E-state index in [1.807, 2.05) is 0 Å². The lowest BCUT2D eigenvalue weighted by atomic mass is 10.0. The van der Waals surface area contributed by atoms with E-state index in [9.17, 15) is 14.0 Å². The number of aliphatic carboxylic acids is 1. The summed E-state index contributed by atoms with van der Waals surface area (Å²) in [6, 6.07) is 2.43. The summed E-state index contributed by atoms with van der Waals surface area (Å²) in [5.74, 6) is -1.82. The normalized spacial score (nSPS) is 10.8. The monoisotopic (exact) mass is 251 g/mol. The molecule has 18 heavy (non-hydrogen) atoms. The standard InChI is InChI=1S/C12H10FNO4/c1-5-7(4-10(15)16)12(17)18-9-3-6(14)2-8(13)11(5)9/h2-3H,4,14H2,1H3,(H,15,16). The van der Waals surface area contributed by atoms with E-state index in [-0.39, 0.29) is 27.8 Å². The van der Waals surface area contributed by atoms with Crippen LogP contribution in [0, 0.1) is 12.7 Å². The van der Waals surface area contributed by atoms with E-state index in [0.717, 1.165) is 6.07 Å². The molecule has 0 bridgehead atoms. The van der Waals surface area contributed by atoms with Gasteiger partial charge in [0.05, 0.1) is 17.4 Å². The van der Waals surface area contributed by atoms with Crippen molar-refractivity contribution < 1.29 is 18.7 Å². The first-order valence-electron chi connectivity index (χ1n) is 5.13. The summed E-state index contributed by atoms with van der Waals surface area (Å²) >= 11 is 0. The molecular formula is C12H10FNO4. The van der Waals surface area contributed by atoms with E-state index in [0.29, 0.717) is 0 Å². The predicted octanol–water partition coefficient (Wildman–Crippen LogP) is 1.45. The number of hydrogen-bond acceptors (Lipinski definition) is 4. The summed E-state index contributed by atoms with van der Waals surface area (Å²) in [5.41, 5.74) is 5.02. The van der Waals surface area contributed by atoms with Crippen molar-refractivity contribution in [1.29, 1.82) is 0 Å². The van der Waals surface area contributed by atoms with Gasteiger partial charge in [0.15, 0.2) is 0 Å². The Kier molecular flexibility index (Phi) is 2.78. The quantitative estimate of drug-likeness (QED) is 0.622. The Bertz CT molecular complexity index is 705. The highest BCUT2D eigenvalue weighted by Crippen LogP contribution is 2.25. The summed E-state index contributed by atoms with van der Waals surface area (Å²) in [6.07, 6.45) is -0.506. The lowest BCUT2D eigenvalue weighted by Gasteiger charge is -2.07. The van der Waals surface area contributed by atoms with E-state index in [1.54, 1.807) is 0 Å². The molecule has 94 valence electrons. The van der Waals surface area contributed by atoms with Crippen molar-refractivity contribution in [3.63, 3.8) is 0 Å². The average Bonchev–Trinajstić information content (AvgIpc) is 2.22. The van der Waals surface area contributed by atoms with Gasteiger partial charge in [-0.05, 0) is 18.6 Å². The molecule has 5 nitrogen and oxygen atoms in total. The zero-order valence-electron chi connectivity index (χ0n) is 9.49. The van der Waals surface area contributed by atoms with Crippen LogP contribution in [0.5, 0.6) is 0 Å². The van der Waals surface area contributed by atoms with Crippen LogP contribution in [0.3, 0.4) is 0 Å². The number of fused-ring (bicyclic) bond motifs is 1. The van der Waals surface area contributed by atoms with Gasteiger partial charge >= 0.3 is 11.6 Å². The first-order chi connectivity index (χ1) is 8.40. The van der Waals surface area contributed by atoms with Crippen LogP contribution in [-0.4, -0.2) is 11.1 Å². The van der Waals surface area contributed by atoms with Crippen LogP contribution in [0.15, 0.2) is 21.3 Å². The third-order valence-corrected chi connectivity index (χ3v) is 2.68. The molecule has 0 unspecified atom stereocenters. The van der Waals surface area contributed by atoms with E-state index >= 15 is 0 Å². The third-order valence-electron chi connectivity index (χ3n) is 2.68. The number of benzene rings is 1. The fourth-order valence-electron chi connectivity index (χ4n) is 1.87. The molecular weight excluding hydrogens is 241 g/mol. The highest BCUT2D eigenvalue weighted by atomic mass is 19.1. The maximum atomic E-state index is 13.8. The van der Waals surface area contributed by atoms with Gasteiger partial charge in [-0.2, -0.15) is 0 Å². The summed E-state index contributed by atoms with van der Waals surface area (Å²) in [5, 5.41) is 8.79. The fraction of sp³-hybridized carbons (Fsp3) is 0.167. The zero-order chi connectivity index (χ0) is 13.4. The number of anilines is 1. The minimum atomic E-state index is -1.18. The smallest absolute Gasteiger partial charge is 0.340 e. The number of hydrogen-bond donors (Lipinski definition) is 2. The summed E-state index contributed by atoms with van der Waals surface area (Å²) in [4.78, 5) is 22.3. The minimum Gasteiger partial charge on any atom is -0.481 e. The van der Waals surface area contributed by atoms with Gasteiger partial charge in [0, 0.05) is 11.8 Å².